The molecule has 2 aromatic heterocycles. The summed E-state index contributed by atoms with van der Waals surface area (Å²) >= 11 is 0. The van der Waals surface area contributed by atoms with Gasteiger partial charge in [-0.25, -0.2) is 14.8 Å². The Hall–Kier alpha value is -4.28. The van der Waals surface area contributed by atoms with Crippen molar-refractivity contribution in [2.75, 3.05) is 39.7 Å². The number of fused-ring (bicyclic) bond motifs is 3. The maximum atomic E-state index is 11.5. The first-order valence-corrected chi connectivity index (χ1v) is 11.7. The number of aromatic nitrogens is 4. The van der Waals surface area contributed by atoms with E-state index >= 15 is 0 Å². The fourth-order valence-corrected chi connectivity index (χ4v) is 4.61. The van der Waals surface area contributed by atoms with E-state index in [0.717, 1.165) is 23.8 Å². The second kappa shape index (κ2) is 9.76. The van der Waals surface area contributed by atoms with Crippen LogP contribution in [0.4, 0.5) is 10.7 Å². The van der Waals surface area contributed by atoms with Gasteiger partial charge in [0.2, 0.25) is 5.95 Å². The fraction of sp³-hybridized carbons (Fsp3) is 0.360. The predicted molar refractivity (Wildman–Crippen MR) is 133 cm³/mol. The van der Waals surface area contributed by atoms with Crippen LogP contribution >= 0.6 is 0 Å². The second-order valence-corrected chi connectivity index (χ2v) is 8.60. The van der Waals surface area contributed by atoms with E-state index in [4.69, 9.17) is 29.3 Å². The molecular formula is C25H28N6O5. The lowest BCUT2D eigenvalue weighted by atomic mass is 9.98. The Balaban J connectivity index is 1.57. The van der Waals surface area contributed by atoms with Gasteiger partial charge in [-0.2, -0.15) is 4.52 Å². The smallest absolute Gasteiger partial charge is 0.407 e. The third kappa shape index (κ3) is 4.28. The van der Waals surface area contributed by atoms with Gasteiger partial charge in [-0.3, -0.25) is 0 Å². The van der Waals surface area contributed by atoms with Crippen molar-refractivity contribution in [3.8, 4) is 17.2 Å². The number of nitrogens with one attached hydrogen (secondary N) is 1. The van der Waals surface area contributed by atoms with Gasteiger partial charge in [-0.05, 0) is 37.1 Å². The first-order valence-electron chi connectivity index (χ1n) is 11.7. The largest absolute Gasteiger partial charge is 0.497 e. The number of likely N-dealkylation sites (tertiary alicyclic amines) is 1. The molecule has 1 amide bonds. The van der Waals surface area contributed by atoms with Crippen molar-refractivity contribution in [1.82, 2.24) is 24.5 Å². The second-order valence-electron chi connectivity index (χ2n) is 8.60. The van der Waals surface area contributed by atoms with E-state index in [0.29, 0.717) is 59.8 Å². The van der Waals surface area contributed by atoms with Gasteiger partial charge in [0.15, 0.2) is 11.5 Å². The number of para-hydroxylation sites is 1. The number of methoxy groups -OCH3 is 3. The summed E-state index contributed by atoms with van der Waals surface area (Å²) in [6, 6.07) is 11.3. The standard InChI is InChI=1S/C25H28N6O5/c1-34-17-10-9-15(20(12-17)36-3)13-26-24-27-21-18(7-4-8-19(21)35-2)23-28-22(29-31(23)24)16-6-5-11-30(14-16)25(32)33/h4,7-10,12,16H,5-6,11,13-14H2,1-3H3,(H,26,27)(H,32,33). The Labute approximate surface area is 207 Å². The number of piperidine rings is 1. The zero-order chi connectivity index (χ0) is 25.2. The zero-order valence-corrected chi connectivity index (χ0v) is 20.4. The summed E-state index contributed by atoms with van der Waals surface area (Å²) in [5.41, 5.74) is 2.20. The fourth-order valence-electron chi connectivity index (χ4n) is 4.61. The zero-order valence-electron chi connectivity index (χ0n) is 20.4. The van der Waals surface area contributed by atoms with E-state index in [1.807, 2.05) is 36.4 Å². The maximum absolute atomic E-state index is 11.5. The minimum atomic E-state index is -0.920. The molecule has 3 heterocycles. The average Bonchev–Trinajstić information content (AvgIpc) is 3.37. The highest BCUT2D eigenvalue weighted by Crippen LogP contribution is 2.32. The molecule has 2 aromatic carbocycles. The van der Waals surface area contributed by atoms with E-state index in [9.17, 15) is 9.90 Å². The summed E-state index contributed by atoms with van der Waals surface area (Å²) in [5, 5.41) is 18.4. The Morgan fingerprint density at radius 1 is 1.11 bits per heavy atom. The highest BCUT2D eigenvalue weighted by Gasteiger charge is 2.28. The van der Waals surface area contributed by atoms with E-state index < -0.39 is 6.09 Å². The van der Waals surface area contributed by atoms with Crippen LogP contribution in [0.25, 0.3) is 16.6 Å². The van der Waals surface area contributed by atoms with Gasteiger partial charge in [0.1, 0.15) is 22.8 Å². The number of ether oxygens (including phenoxy) is 3. The third-order valence-electron chi connectivity index (χ3n) is 6.49. The number of benzene rings is 2. The molecule has 1 aliphatic heterocycles. The number of nitrogens with zero attached hydrogens (tertiary/aromatic N) is 5. The molecule has 1 fully saturated rings. The van der Waals surface area contributed by atoms with Crippen LogP contribution in [0, 0.1) is 0 Å². The molecule has 0 radical (unpaired) electrons. The van der Waals surface area contributed by atoms with Crippen molar-refractivity contribution in [3.05, 3.63) is 47.8 Å². The van der Waals surface area contributed by atoms with Gasteiger partial charge in [0.25, 0.3) is 0 Å². The Bertz CT molecular complexity index is 1420. The molecule has 11 heteroatoms. The van der Waals surface area contributed by atoms with Crippen molar-refractivity contribution in [2.24, 2.45) is 0 Å². The van der Waals surface area contributed by atoms with Crippen LogP contribution in [0.2, 0.25) is 0 Å². The summed E-state index contributed by atoms with van der Waals surface area (Å²) in [6.07, 6.45) is 0.666. The Morgan fingerprint density at radius 2 is 1.94 bits per heavy atom. The lowest BCUT2D eigenvalue weighted by Crippen LogP contribution is -2.38. The summed E-state index contributed by atoms with van der Waals surface area (Å²) in [5.74, 6) is 3.01. The number of hydrogen-bond donors (Lipinski definition) is 2. The lowest BCUT2D eigenvalue weighted by molar-refractivity contribution is 0.129. The number of carboxylic acid groups (broad SMARTS) is 1. The minimum absolute atomic E-state index is 0.0926. The molecular weight excluding hydrogens is 464 g/mol. The van der Waals surface area contributed by atoms with Crippen molar-refractivity contribution >= 4 is 28.6 Å². The number of hydrogen-bond acceptors (Lipinski definition) is 8. The van der Waals surface area contributed by atoms with Crippen LogP contribution in [0.1, 0.15) is 30.1 Å². The molecule has 11 nitrogen and oxygen atoms in total. The Morgan fingerprint density at radius 3 is 2.69 bits per heavy atom. The number of anilines is 1. The third-order valence-corrected chi connectivity index (χ3v) is 6.49. The van der Waals surface area contributed by atoms with Crippen LogP contribution in [0.5, 0.6) is 17.2 Å². The van der Waals surface area contributed by atoms with Crippen molar-refractivity contribution in [2.45, 2.75) is 25.3 Å². The van der Waals surface area contributed by atoms with E-state index in [1.54, 1.807) is 25.8 Å². The molecule has 0 spiro atoms. The van der Waals surface area contributed by atoms with Crippen molar-refractivity contribution in [1.29, 1.82) is 0 Å². The first-order chi connectivity index (χ1) is 17.5. The van der Waals surface area contributed by atoms with Crippen LogP contribution in [-0.2, 0) is 6.54 Å². The normalized spacial score (nSPS) is 15.8. The molecule has 4 aromatic rings. The van der Waals surface area contributed by atoms with Crippen LogP contribution in [-0.4, -0.2) is 70.1 Å². The molecule has 0 saturated carbocycles. The Kier molecular flexibility index (Phi) is 6.36. The average molecular weight is 493 g/mol. The minimum Gasteiger partial charge on any atom is -0.497 e. The van der Waals surface area contributed by atoms with Gasteiger partial charge in [-0.1, -0.05) is 6.07 Å². The topological polar surface area (TPSA) is 123 Å². The monoisotopic (exact) mass is 492 g/mol. The number of carbonyl (C=O) groups is 1. The summed E-state index contributed by atoms with van der Waals surface area (Å²) in [6.45, 7) is 1.31. The number of rotatable bonds is 7. The van der Waals surface area contributed by atoms with Gasteiger partial charge < -0.3 is 29.5 Å². The van der Waals surface area contributed by atoms with Crippen molar-refractivity contribution < 1.29 is 24.1 Å². The lowest BCUT2D eigenvalue weighted by Gasteiger charge is -2.28. The first kappa shape index (κ1) is 23.5. The van der Waals surface area contributed by atoms with Gasteiger partial charge in [0.05, 0.1) is 21.3 Å². The van der Waals surface area contributed by atoms with E-state index in [-0.39, 0.29) is 5.92 Å². The SMILES string of the molecule is COc1ccc(CNc2nc3c(OC)cccc3c3nc(C4CCCN(C(=O)O)C4)nn23)c(OC)c1. The molecule has 5 rings (SSSR count). The summed E-state index contributed by atoms with van der Waals surface area (Å²) in [7, 11) is 4.83. The van der Waals surface area contributed by atoms with Crippen LogP contribution in [0.15, 0.2) is 36.4 Å². The summed E-state index contributed by atoms with van der Waals surface area (Å²) in [4.78, 5) is 22.7. The van der Waals surface area contributed by atoms with Crippen LogP contribution < -0.4 is 19.5 Å². The molecule has 0 aliphatic carbocycles. The molecule has 1 unspecified atom stereocenters. The molecule has 1 saturated heterocycles. The highest BCUT2D eigenvalue weighted by atomic mass is 16.5. The summed E-state index contributed by atoms with van der Waals surface area (Å²) < 4.78 is 18.1. The van der Waals surface area contributed by atoms with Crippen LogP contribution in [0.3, 0.4) is 0 Å². The van der Waals surface area contributed by atoms with Gasteiger partial charge >= 0.3 is 6.09 Å². The molecule has 188 valence electrons. The van der Waals surface area contributed by atoms with Gasteiger partial charge in [-0.15, -0.1) is 5.10 Å². The quantitative estimate of drug-likeness (QED) is 0.397. The van der Waals surface area contributed by atoms with Crippen molar-refractivity contribution in [3.63, 3.8) is 0 Å². The molecule has 2 N–H and O–H groups in total. The van der Waals surface area contributed by atoms with E-state index in [1.165, 1.54) is 4.90 Å². The number of amides is 1. The van der Waals surface area contributed by atoms with Gasteiger partial charge in [0, 0.05) is 42.6 Å². The maximum Gasteiger partial charge on any atom is 0.407 e. The van der Waals surface area contributed by atoms with E-state index in [2.05, 4.69) is 5.32 Å². The predicted octanol–water partition coefficient (Wildman–Crippen LogP) is 3.77. The molecule has 1 atom stereocenters. The molecule has 0 bridgehead atoms. The molecule has 1 aliphatic rings. The highest BCUT2D eigenvalue weighted by molar-refractivity contribution is 5.96. The molecule has 36 heavy (non-hydrogen) atoms.